The Morgan fingerprint density at radius 2 is 1.00 bits per heavy atom. The molecule has 9 aromatic rings. The number of benzene rings is 7. The molecule has 2 aromatic heterocycles. The first-order valence-electron chi connectivity index (χ1n) is 23.9. The van der Waals surface area contributed by atoms with Crippen LogP contribution in [0.3, 0.4) is 0 Å². The second-order valence-corrected chi connectivity index (χ2v) is 9.11. The Bertz CT molecular complexity index is 3620. The van der Waals surface area contributed by atoms with Gasteiger partial charge in [0, 0.05) is 32.8 Å². The van der Waals surface area contributed by atoms with Crippen LogP contribution in [0.1, 0.15) is 31.5 Å². The molecule has 0 aliphatic heterocycles. The molecule has 196 valence electrons. The van der Waals surface area contributed by atoms with E-state index < -0.39 is 199 Å². The second kappa shape index (κ2) is 8.95. The zero-order chi connectivity index (χ0) is 47.6. The van der Waals surface area contributed by atoms with Gasteiger partial charge in [0.1, 0.15) is 22.5 Å². The smallest absolute Gasteiger partial charge is 0.143 e. The molecule has 0 spiro atoms. The van der Waals surface area contributed by atoms with Crippen LogP contribution in [0.4, 0.5) is 0 Å². The first-order chi connectivity index (χ1) is 30.4. The van der Waals surface area contributed by atoms with Crippen molar-refractivity contribution in [3.8, 4) is 33.6 Å². The molecule has 42 heavy (non-hydrogen) atoms. The van der Waals surface area contributed by atoms with E-state index in [1.54, 1.807) is 0 Å². The minimum atomic E-state index is -0.899. The van der Waals surface area contributed by atoms with Crippen molar-refractivity contribution < 1.29 is 40.4 Å². The standard InChI is InChI=1S/C40H24O2/c1-3-12-25(13-4-1)35-22-27-23-37-34(24-36(27)41-35)32-20-11-21-33(40(32)42-37)39-30-18-9-7-16-28(30)38(26-14-5-2-6-15-26)29-17-8-10-19-31(29)39/h1-24H/i1D,2D,3D,4D,5D,6D,7D,8D,9D,10D,11D,12D,13D,14D,15D,16D,17D,18D,19D,20D,21D,23D,24D. The van der Waals surface area contributed by atoms with E-state index in [-0.39, 0.29) is 27.7 Å². The van der Waals surface area contributed by atoms with Crippen LogP contribution in [0.15, 0.2) is 154 Å². The van der Waals surface area contributed by atoms with Gasteiger partial charge < -0.3 is 8.83 Å². The van der Waals surface area contributed by atoms with Gasteiger partial charge in [0.2, 0.25) is 0 Å². The van der Waals surface area contributed by atoms with E-state index in [9.17, 15) is 9.60 Å². The van der Waals surface area contributed by atoms with Gasteiger partial charge in [-0.15, -0.1) is 0 Å². The summed E-state index contributed by atoms with van der Waals surface area (Å²) >= 11 is 0. The molecule has 7 aromatic carbocycles. The number of rotatable bonds is 3. The van der Waals surface area contributed by atoms with Crippen molar-refractivity contribution in [1.29, 1.82) is 0 Å². The molecule has 0 fully saturated rings. The van der Waals surface area contributed by atoms with Crippen LogP contribution in [-0.4, -0.2) is 0 Å². The van der Waals surface area contributed by atoms with Gasteiger partial charge in [-0.3, -0.25) is 0 Å². The SMILES string of the molecule is [2H]c1c([2H])c([2H])c(-c2cc3c([2H])c4oc5c(-c6c7c([2H])c([2H])c([2H])c([2H])c7c(-c7c([2H])c([2H])c([2H])c([2H])c7[2H])c7c([2H])c([2H])c([2H])c([2H])c67)c([2H])c([2H])c([2H])c5c4c([2H])c3o2)c([2H])c1[2H]. The van der Waals surface area contributed by atoms with Crippen molar-refractivity contribution in [1.82, 2.24) is 0 Å². The number of fused-ring (bicyclic) bond motifs is 6. The zero-order valence-electron chi connectivity index (χ0n) is 43.9. The number of hydrogen-bond acceptors (Lipinski definition) is 2. The highest BCUT2D eigenvalue weighted by atomic mass is 16.3. The predicted molar refractivity (Wildman–Crippen MR) is 175 cm³/mol. The monoisotopic (exact) mass is 559 g/mol. The summed E-state index contributed by atoms with van der Waals surface area (Å²) in [6, 6.07) is -17.3. The Balaban J connectivity index is 1.54. The van der Waals surface area contributed by atoms with Crippen molar-refractivity contribution in [2.75, 3.05) is 0 Å². The fraction of sp³-hybridized carbons (Fsp3) is 0. The van der Waals surface area contributed by atoms with Gasteiger partial charge in [-0.25, -0.2) is 0 Å². The molecule has 2 heterocycles. The second-order valence-electron chi connectivity index (χ2n) is 9.11. The molecule has 0 atom stereocenters. The molecule has 0 radical (unpaired) electrons. The minimum Gasteiger partial charge on any atom is -0.456 e. The van der Waals surface area contributed by atoms with Crippen LogP contribution < -0.4 is 0 Å². The summed E-state index contributed by atoms with van der Waals surface area (Å²) in [7, 11) is 0. The lowest BCUT2D eigenvalue weighted by Gasteiger charge is -2.17. The summed E-state index contributed by atoms with van der Waals surface area (Å²) in [5.74, 6) is -0.321. The van der Waals surface area contributed by atoms with Gasteiger partial charge in [-0.2, -0.15) is 0 Å². The van der Waals surface area contributed by atoms with E-state index in [2.05, 4.69) is 0 Å². The molecule has 0 aliphatic carbocycles. The van der Waals surface area contributed by atoms with Crippen molar-refractivity contribution in [2.24, 2.45) is 0 Å². The summed E-state index contributed by atoms with van der Waals surface area (Å²) < 4.78 is 214. The minimum absolute atomic E-state index is 0.171. The lowest BCUT2D eigenvalue weighted by atomic mass is 9.85. The highest BCUT2D eigenvalue weighted by Gasteiger charge is 2.20. The first kappa shape index (κ1) is 10.0. The van der Waals surface area contributed by atoms with E-state index in [1.807, 2.05) is 0 Å². The normalized spacial score (nSPS) is 19.5. The Morgan fingerprint density at radius 1 is 0.429 bits per heavy atom. The Hall–Kier alpha value is -5.60. The van der Waals surface area contributed by atoms with Gasteiger partial charge in [0.05, 0.1) is 31.5 Å². The molecule has 0 unspecified atom stereocenters. The van der Waals surface area contributed by atoms with E-state index in [4.69, 9.17) is 30.8 Å². The lowest BCUT2D eigenvalue weighted by Crippen LogP contribution is -1.90. The molecule has 9 rings (SSSR count). The highest BCUT2D eigenvalue weighted by molar-refractivity contribution is 6.24. The van der Waals surface area contributed by atoms with Gasteiger partial charge in [0.25, 0.3) is 0 Å². The van der Waals surface area contributed by atoms with Crippen molar-refractivity contribution in [2.45, 2.75) is 0 Å². The summed E-state index contributed by atoms with van der Waals surface area (Å²) in [5, 5.41) is -3.36. The van der Waals surface area contributed by atoms with Gasteiger partial charge in [0.15, 0.2) is 0 Å². The maximum Gasteiger partial charge on any atom is 0.143 e. The topological polar surface area (TPSA) is 26.3 Å². The molecule has 2 nitrogen and oxygen atoms in total. The third-order valence-corrected chi connectivity index (χ3v) is 6.85. The number of furan rings is 2. The van der Waals surface area contributed by atoms with Gasteiger partial charge in [-0.1, -0.05) is 127 Å². The predicted octanol–water partition coefficient (Wildman–Crippen LogP) is 11.6. The molecule has 0 amide bonds. The Labute approximate surface area is 274 Å². The molecule has 0 N–H and O–H groups in total. The third-order valence-electron chi connectivity index (χ3n) is 6.85. The van der Waals surface area contributed by atoms with Crippen molar-refractivity contribution in [3.05, 3.63) is 145 Å². The van der Waals surface area contributed by atoms with Crippen molar-refractivity contribution >= 4 is 54.5 Å². The van der Waals surface area contributed by atoms with E-state index in [0.717, 1.165) is 6.07 Å². The van der Waals surface area contributed by atoms with Gasteiger partial charge >= 0.3 is 0 Å². The van der Waals surface area contributed by atoms with Crippen LogP contribution in [0.25, 0.3) is 88.0 Å². The van der Waals surface area contributed by atoms with Crippen LogP contribution in [0.5, 0.6) is 0 Å². The fourth-order valence-corrected chi connectivity index (χ4v) is 5.13. The largest absolute Gasteiger partial charge is 0.456 e. The van der Waals surface area contributed by atoms with E-state index in [0.29, 0.717) is 0 Å². The molecule has 2 heteroatoms. The average molecular weight is 560 g/mol. The number of hydrogen-bond donors (Lipinski definition) is 0. The van der Waals surface area contributed by atoms with Crippen LogP contribution >= 0.6 is 0 Å². The fourth-order valence-electron chi connectivity index (χ4n) is 5.13. The van der Waals surface area contributed by atoms with E-state index >= 15 is 0 Å². The summed E-state index contributed by atoms with van der Waals surface area (Å²) in [4.78, 5) is 0. The van der Waals surface area contributed by atoms with E-state index in [1.165, 1.54) is 0 Å². The molecule has 0 aliphatic rings. The Morgan fingerprint density at radius 3 is 1.67 bits per heavy atom. The average Bonchev–Trinajstić information content (AvgIpc) is 3.91. The maximum atomic E-state index is 9.35. The first-order valence-corrected chi connectivity index (χ1v) is 12.4. The summed E-state index contributed by atoms with van der Waals surface area (Å²) in [6.07, 6.45) is 0. The molecule has 0 saturated heterocycles. The quantitative estimate of drug-likeness (QED) is 0.201. The highest BCUT2D eigenvalue weighted by Crippen LogP contribution is 2.46. The number of para-hydroxylation sites is 1. The molecule has 0 saturated carbocycles. The van der Waals surface area contributed by atoms with Crippen LogP contribution in [-0.2, 0) is 0 Å². The lowest BCUT2D eigenvalue weighted by molar-refractivity contribution is 0.631. The molecular formula is C40H24O2. The van der Waals surface area contributed by atoms with Crippen LogP contribution in [0, 0.1) is 0 Å². The van der Waals surface area contributed by atoms with Gasteiger partial charge in [-0.05, 0) is 50.8 Å². The maximum absolute atomic E-state index is 9.35. The summed E-state index contributed by atoms with van der Waals surface area (Å²) in [6.45, 7) is 0. The zero-order valence-corrected chi connectivity index (χ0v) is 20.9. The molecule has 0 bridgehead atoms. The van der Waals surface area contributed by atoms with Crippen LogP contribution in [0.2, 0.25) is 0 Å². The third kappa shape index (κ3) is 3.39. The van der Waals surface area contributed by atoms with Crippen molar-refractivity contribution in [3.63, 3.8) is 0 Å². The molecular weight excluding hydrogens is 512 g/mol. The summed E-state index contributed by atoms with van der Waals surface area (Å²) in [5.41, 5.74) is -4.22. The Kier molecular flexibility index (Phi) is 2.14.